The average molecular weight is 239 g/mol. The summed E-state index contributed by atoms with van der Waals surface area (Å²) in [6.45, 7) is 0.961. The lowest BCUT2D eigenvalue weighted by Gasteiger charge is -2.44. The number of ether oxygens (including phenoxy) is 1. The van der Waals surface area contributed by atoms with E-state index in [1.165, 1.54) is 7.11 Å². The zero-order valence-electron chi connectivity index (χ0n) is 9.94. The van der Waals surface area contributed by atoms with Gasteiger partial charge in [0.1, 0.15) is 0 Å². The Labute approximate surface area is 100 Å². The van der Waals surface area contributed by atoms with Gasteiger partial charge in [0.2, 0.25) is 0 Å². The molecule has 5 heteroatoms. The van der Waals surface area contributed by atoms with Crippen molar-refractivity contribution >= 4 is 11.9 Å². The molecule has 17 heavy (non-hydrogen) atoms. The largest absolute Gasteiger partial charge is 0.453 e. The lowest BCUT2D eigenvalue weighted by atomic mass is 9.69. The Morgan fingerprint density at radius 2 is 2.35 bits per heavy atom. The smallest absolute Gasteiger partial charge is 0.409 e. The first-order valence-corrected chi connectivity index (χ1v) is 5.79. The van der Waals surface area contributed by atoms with Gasteiger partial charge in [-0.2, -0.15) is 0 Å². The maximum Gasteiger partial charge on any atom is 0.409 e. The summed E-state index contributed by atoms with van der Waals surface area (Å²) in [7, 11) is 1.35. The van der Waals surface area contributed by atoms with Crippen LogP contribution in [0, 0.1) is 5.41 Å². The second-order valence-electron chi connectivity index (χ2n) is 4.72. The van der Waals surface area contributed by atoms with E-state index in [9.17, 15) is 14.7 Å². The van der Waals surface area contributed by atoms with E-state index < -0.39 is 5.41 Å². The quantitative estimate of drug-likeness (QED) is 0.732. The highest BCUT2D eigenvalue weighted by atomic mass is 16.5. The summed E-state index contributed by atoms with van der Waals surface area (Å²) in [5.74, 6) is 0.121. The normalized spacial score (nSPS) is 28.5. The van der Waals surface area contributed by atoms with Crippen LogP contribution in [0.25, 0.3) is 0 Å². The Bertz CT molecular complexity index is 377. The first kappa shape index (κ1) is 12.1. The van der Waals surface area contributed by atoms with Crippen LogP contribution in [-0.4, -0.2) is 48.7 Å². The molecule has 1 N–H and O–H groups in total. The van der Waals surface area contributed by atoms with Crippen molar-refractivity contribution in [3.63, 3.8) is 0 Å². The van der Waals surface area contributed by atoms with E-state index in [-0.39, 0.29) is 18.5 Å². The molecule has 0 radical (unpaired) electrons. The van der Waals surface area contributed by atoms with Crippen molar-refractivity contribution in [2.45, 2.75) is 19.3 Å². The summed E-state index contributed by atoms with van der Waals surface area (Å²) in [5, 5.41) is 9.60. The summed E-state index contributed by atoms with van der Waals surface area (Å²) < 4.78 is 4.70. The first-order valence-electron chi connectivity index (χ1n) is 5.79. The van der Waals surface area contributed by atoms with E-state index in [0.717, 1.165) is 5.57 Å². The molecule has 0 spiro atoms. The van der Waals surface area contributed by atoms with Crippen LogP contribution in [0.15, 0.2) is 11.6 Å². The topological polar surface area (TPSA) is 66.8 Å². The number of likely N-dealkylation sites (tertiary alicyclic amines) is 1. The second kappa shape index (κ2) is 4.49. The van der Waals surface area contributed by atoms with Crippen molar-refractivity contribution in [1.29, 1.82) is 0 Å². The van der Waals surface area contributed by atoms with Crippen molar-refractivity contribution < 1.29 is 19.4 Å². The lowest BCUT2D eigenvalue weighted by Crippen LogP contribution is -2.50. The van der Waals surface area contributed by atoms with Gasteiger partial charge in [-0.3, -0.25) is 4.79 Å². The maximum atomic E-state index is 11.5. The standard InChI is InChI=1S/C12H17NO4/c1-17-11(16)13-5-3-9-6-10(15)2-4-12(9,7-13)8-14/h6,14H,2-5,7-8H2,1H3. The highest BCUT2D eigenvalue weighted by Crippen LogP contribution is 2.41. The molecule has 1 aliphatic heterocycles. The summed E-state index contributed by atoms with van der Waals surface area (Å²) >= 11 is 0. The van der Waals surface area contributed by atoms with Crippen LogP contribution in [0.5, 0.6) is 0 Å². The molecule has 1 saturated heterocycles. The zero-order chi connectivity index (χ0) is 12.5. The number of fused-ring (bicyclic) bond motifs is 1. The molecule has 0 saturated carbocycles. The molecule has 1 atom stereocenters. The minimum atomic E-state index is -0.430. The van der Waals surface area contributed by atoms with Gasteiger partial charge >= 0.3 is 6.09 Å². The molecule has 5 nitrogen and oxygen atoms in total. The molecule has 0 aromatic carbocycles. The lowest BCUT2D eigenvalue weighted by molar-refractivity contribution is -0.116. The number of rotatable bonds is 1. The van der Waals surface area contributed by atoms with Gasteiger partial charge in [-0.1, -0.05) is 5.57 Å². The van der Waals surface area contributed by atoms with Gasteiger partial charge in [-0.05, 0) is 18.9 Å². The SMILES string of the molecule is COC(=O)N1CCC2=CC(=O)CCC2(CO)C1. The average Bonchev–Trinajstić information content (AvgIpc) is 2.37. The third-order valence-electron chi connectivity index (χ3n) is 3.75. The number of carbonyl (C=O) groups excluding carboxylic acids is 2. The molecule has 1 aliphatic carbocycles. The summed E-state index contributed by atoms with van der Waals surface area (Å²) in [6, 6.07) is 0. The van der Waals surface area contributed by atoms with Crippen molar-refractivity contribution in [2.24, 2.45) is 5.41 Å². The fourth-order valence-electron chi connectivity index (χ4n) is 2.68. The molecule has 0 aromatic rings. The van der Waals surface area contributed by atoms with Crippen LogP contribution in [0.4, 0.5) is 4.79 Å². The van der Waals surface area contributed by atoms with Gasteiger partial charge in [0.05, 0.1) is 13.7 Å². The number of piperidine rings is 1. The predicted molar refractivity (Wildman–Crippen MR) is 60.4 cm³/mol. The number of methoxy groups -OCH3 is 1. The van der Waals surface area contributed by atoms with E-state index in [1.54, 1.807) is 11.0 Å². The molecule has 1 amide bonds. The number of hydrogen-bond donors (Lipinski definition) is 1. The maximum absolute atomic E-state index is 11.5. The number of ketones is 1. The minimum Gasteiger partial charge on any atom is -0.453 e. The van der Waals surface area contributed by atoms with Crippen LogP contribution in [0.3, 0.4) is 0 Å². The van der Waals surface area contributed by atoms with Crippen molar-refractivity contribution in [1.82, 2.24) is 4.90 Å². The highest BCUT2D eigenvalue weighted by Gasteiger charge is 2.42. The summed E-state index contributed by atoms with van der Waals surface area (Å²) in [6.07, 6.45) is 2.98. The molecular weight excluding hydrogens is 222 g/mol. The van der Waals surface area contributed by atoms with E-state index in [1.807, 2.05) is 0 Å². The Morgan fingerprint density at radius 1 is 1.59 bits per heavy atom. The predicted octanol–water partition coefficient (Wildman–Crippen LogP) is 0.727. The molecule has 0 aromatic heterocycles. The number of nitrogens with zero attached hydrogens (tertiary/aromatic N) is 1. The van der Waals surface area contributed by atoms with E-state index in [4.69, 9.17) is 4.74 Å². The molecule has 1 unspecified atom stereocenters. The van der Waals surface area contributed by atoms with Gasteiger partial charge in [0.15, 0.2) is 5.78 Å². The fourth-order valence-corrected chi connectivity index (χ4v) is 2.68. The molecule has 1 heterocycles. The van der Waals surface area contributed by atoms with Gasteiger partial charge < -0.3 is 14.7 Å². The number of carbonyl (C=O) groups is 2. The zero-order valence-corrected chi connectivity index (χ0v) is 9.94. The summed E-state index contributed by atoms with van der Waals surface area (Å²) in [5.41, 5.74) is 0.553. The number of aliphatic hydroxyl groups excluding tert-OH is 1. The fraction of sp³-hybridized carbons (Fsp3) is 0.667. The number of hydrogen-bond acceptors (Lipinski definition) is 4. The first-order chi connectivity index (χ1) is 8.11. The molecule has 0 bridgehead atoms. The van der Waals surface area contributed by atoms with Gasteiger partial charge in [-0.25, -0.2) is 4.79 Å². The van der Waals surface area contributed by atoms with Crippen LogP contribution in [-0.2, 0) is 9.53 Å². The summed E-state index contributed by atoms with van der Waals surface area (Å²) in [4.78, 5) is 24.5. The monoisotopic (exact) mass is 239 g/mol. The van der Waals surface area contributed by atoms with Crippen LogP contribution < -0.4 is 0 Å². The third kappa shape index (κ3) is 2.07. The van der Waals surface area contributed by atoms with E-state index >= 15 is 0 Å². The highest BCUT2D eigenvalue weighted by molar-refractivity contribution is 5.91. The number of amides is 1. The Hall–Kier alpha value is -1.36. The van der Waals surface area contributed by atoms with Gasteiger partial charge in [0, 0.05) is 24.9 Å². The molecular formula is C12H17NO4. The Balaban J connectivity index is 2.23. The van der Waals surface area contributed by atoms with Crippen molar-refractivity contribution in [3.8, 4) is 0 Å². The minimum absolute atomic E-state index is 0.0282. The van der Waals surface area contributed by atoms with Crippen molar-refractivity contribution in [2.75, 3.05) is 26.8 Å². The van der Waals surface area contributed by atoms with Crippen LogP contribution in [0.2, 0.25) is 0 Å². The third-order valence-corrected chi connectivity index (χ3v) is 3.75. The molecule has 2 aliphatic rings. The van der Waals surface area contributed by atoms with Crippen LogP contribution >= 0.6 is 0 Å². The second-order valence-corrected chi connectivity index (χ2v) is 4.72. The molecule has 94 valence electrons. The van der Waals surface area contributed by atoms with Gasteiger partial charge in [0.25, 0.3) is 0 Å². The number of allylic oxidation sites excluding steroid dienone is 1. The van der Waals surface area contributed by atoms with Crippen molar-refractivity contribution in [3.05, 3.63) is 11.6 Å². The molecule has 1 fully saturated rings. The Kier molecular flexibility index (Phi) is 3.19. The van der Waals surface area contributed by atoms with E-state index in [2.05, 4.69) is 0 Å². The van der Waals surface area contributed by atoms with E-state index in [0.29, 0.717) is 32.4 Å². The number of aliphatic hydroxyl groups is 1. The van der Waals surface area contributed by atoms with Gasteiger partial charge in [-0.15, -0.1) is 0 Å². The molecule has 2 rings (SSSR count). The Morgan fingerprint density at radius 3 is 3.00 bits per heavy atom. The van der Waals surface area contributed by atoms with Crippen LogP contribution in [0.1, 0.15) is 19.3 Å².